The van der Waals surface area contributed by atoms with E-state index in [2.05, 4.69) is 0 Å². The molecule has 0 radical (unpaired) electrons. The molecule has 0 saturated carbocycles. The molecule has 0 aliphatic carbocycles. The smallest absolute Gasteiger partial charge is 0.271 e. The predicted octanol–water partition coefficient (Wildman–Crippen LogP) is 3.36. The van der Waals surface area contributed by atoms with Crippen LogP contribution in [-0.2, 0) is 13.0 Å². The molecule has 0 spiro atoms. The van der Waals surface area contributed by atoms with E-state index in [9.17, 15) is 24.3 Å². The predicted molar refractivity (Wildman–Crippen MR) is 115 cm³/mol. The number of hydrogen-bond acceptors (Lipinski definition) is 6. The molecule has 0 saturated heterocycles. The Hall–Kier alpha value is -4.12. The van der Waals surface area contributed by atoms with Gasteiger partial charge in [0.1, 0.15) is 17.4 Å². The first kappa shape index (κ1) is 22.6. The summed E-state index contributed by atoms with van der Waals surface area (Å²) in [5.41, 5.74) is -0.776. The zero-order valence-corrected chi connectivity index (χ0v) is 17.8. The highest BCUT2D eigenvalue weighted by molar-refractivity contribution is 6.11. The van der Waals surface area contributed by atoms with E-state index in [4.69, 9.17) is 9.47 Å². The number of ketones is 1. The Bertz CT molecular complexity index is 1290. The van der Waals surface area contributed by atoms with Crippen LogP contribution in [0.3, 0.4) is 0 Å². The molecule has 164 valence electrons. The molecule has 1 heterocycles. The van der Waals surface area contributed by atoms with Crippen molar-refractivity contribution in [2.24, 2.45) is 0 Å². The maximum absolute atomic E-state index is 14.2. The fourth-order valence-corrected chi connectivity index (χ4v) is 3.49. The van der Waals surface area contributed by atoms with Gasteiger partial charge >= 0.3 is 0 Å². The lowest BCUT2D eigenvalue weighted by Crippen LogP contribution is -2.27. The van der Waals surface area contributed by atoms with E-state index in [-0.39, 0.29) is 35.2 Å². The Morgan fingerprint density at radius 2 is 1.84 bits per heavy atom. The lowest BCUT2D eigenvalue weighted by Gasteiger charge is -2.16. The van der Waals surface area contributed by atoms with Crippen molar-refractivity contribution in [3.63, 3.8) is 0 Å². The number of methoxy groups -OCH3 is 2. The van der Waals surface area contributed by atoms with Crippen LogP contribution in [0.15, 0.2) is 47.3 Å². The summed E-state index contributed by atoms with van der Waals surface area (Å²) in [6.45, 7) is 1.36. The first-order valence-electron chi connectivity index (χ1n) is 9.70. The van der Waals surface area contributed by atoms with Crippen LogP contribution >= 0.6 is 0 Å². The number of halogens is 1. The number of aromatic hydroxyl groups is 1. The number of aryl methyl sites for hydroxylation is 1. The molecule has 0 amide bonds. The molecular formula is C24H21FN2O5. The highest BCUT2D eigenvalue weighted by Crippen LogP contribution is 2.29. The molecule has 7 nitrogen and oxygen atoms in total. The van der Waals surface area contributed by atoms with Gasteiger partial charge in [-0.1, -0.05) is 18.2 Å². The lowest BCUT2D eigenvalue weighted by molar-refractivity contribution is 0.103. The second-order valence-electron chi connectivity index (χ2n) is 7.02. The summed E-state index contributed by atoms with van der Waals surface area (Å²) in [7, 11) is 3.01. The topological polar surface area (TPSA) is 102 Å². The summed E-state index contributed by atoms with van der Waals surface area (Å²) >= 11 is 0. The molecule has 0 unspecified atom stereocenters. The Balaban J connectivity index is 2.07. The monoisotopic (exact) mass is 436 g/mol. The minimum atomic E-state index is -0.811. The quantitative estimate of drug-likeness (QED) is 0.570. The van der Waals surface area contributed by atoms with Gasteiger partial charge in [0, 0.05) is 6.54 Å². The molecular weight excluding hydrogens is 415 g/mol. The molecule has 1 aromatic heterocycles. The fourth-order valence-electron chi connectivity index (χ4n) is 3.49. The van der Waals surface area contributed by atoms with Crippen molar-refractivity contribution in [1.82, 2.24) is 4.57 Å². The molecule has 3 aromatic rings. The van der Waals surface area contributed by atoms with Crippen molar-refractivity contribution in [2.45, 2.75) is 19.9 Å². The second kappa shape index (κ2) is 9.35. The first-order chi connectivity index (χ1) is 15.3. The van der Waals surface area contributed by atoms with Gasteiger partial charge in [0.25, 0.3) is 5.56 Å². The van der Waals surface area contributed by atoms with Crippen LogP contribution in [-0.4, -0.2) is 29.7 Å². The summed E-state index contributed by atoms with van der Waals surface area (Å²) in [6.07, 6.45) is 0.287. The molecule has 0 atom stereocenters. The Morgan fingerprint density at radius 3 is 2.47 bits per heavy atom. The van der Waals surface area contributed by atoms with Crippen molar-refractivity contribution < 1.29 is 23.8 Å². The number of nitrogens with zero attached hydrogens (tertiary/aromatic N) is 2. The molecule has 8 heteroatoms. The Labute approximate surface area is 183 Å². The SMILES string of the molecule is COc1ccc(CCn2c(O)c(C(=O)c3ccccc3F)c(C)c(C#N)c2=O)cc1OC. The van der Waals surface area contributed by atoms with Crippen LogP contribution in [0.4, 0.5) is 4.39 Å². The number of benzene rings is 2. The molecule has 3 rings (SSSR count). The molecule has 0 aliphatic heterocycles. The third kappa shape index (κ3) is 4.05. The number of nitriles is 1. The standard InChI is InChI=1S/C24H21FN2O5/c1-14-17(13-26)23(29)27(11-10-15-8-9-19(31-2)20(12-15)32-3)24(30)21(14)22(28)16-6-4-5-7-18(16)25/h4-9,12,30H,10-11H2,1-3H3. The number of pyridine rings is 1. The van der Waals surface area contributed by atoms with Gasteiger partial charge in [-0.05, 0) is 48.7 Å². The summed E-state index contributed by atoms with van der Waals surface area (Å²) in [5.74, 6) is -1.15. The molecule has 0 bridgehead atoms. The number of carbonyl (C=O) groups excluding carboxylic acids is 1. The Kier molecular flexibility index (Phi) is 6.59. The van der Waals surface area contributed by atoms with Crippen LogP contribution in [0.25, 0.3) is 0 Å². The van der Waals surface area contributed by atoms with Crippen molar-refractivity contribution >= 4 is 5.78 Å². The maximum Gasteiger partial charge on any atom is 0.271 e. The van der Waals surface area contributed by atoms with Gasteiger partial charge in [0.05, 0.1) is 25.3 Å². The number of hydrogen-bond donors (Lipinski definition) is 1. The minimum absolute atomic E-state index is 0.00520. The largest absolute Gasteiger partial charge is 0.494 e. The fraction of sp³-hybridized carbons (Fsp3) is 0.208. The average molecular weight is 436 g/mol. The highest BCUT2D eigenvalue weighted by Gasteiger charge is 2.26. The van der Waals surface area contributed by atoms with E-state index in [1.807, 2.05) is 0 Å². The van der Waals surface area contributed by atoms with Crippen molar-refractivity contribution in [3.05, 3.63) is 86.5 Å². The van der Waals surface area contributed by atoms with Crippen LogP contribution in [0.2, 0.25) is 0 Å². The maximum atomic E-state index is 14.2. The van der Waals surface area contributed by atoms with E-state index in [1.54, 1.807) is 24.3 Å². The number of carbonyl (C=O) groups is 1. The van der Waals surface area contributed by atoms with Gasteiger partial charge in [-0.3, -0.25) is 14.2 Å². The van der Waals surface area contributed by atoms with Crippen molar-refractivity contribution in [1.29, 1.82) is 5.26 Å². The van der Waals surface area contributed by atoms with Gasteiger partial charge in [-0.25, -0.2) is 4.39 Å². The zero-order chi connectivity index (χ0) is 23.4. The summed E-state index contributed by atoms with van der Waals surface area (Å²) in [5, 5.41) is 20.3. The summed E-state index contributed by atoms with van der Waals surface area (Å²) < 4.78 is 25.6. The van der Waals surface area contributed by atoms with E-state index < -0.39 is 23.0 Å². The third-order valence-electron chi connectivity index (χ3n) is 5.22. The van der Waals surface area contributed by atoms with Gasteiger partial charge in [0.2, 0.25) is 11.7 Å². The van der Waals surface area contributed by atoms with Crippen molar-refractivity contribution in [3.8, 4) is 23.4 Å². The normalized spacial score (nSPS) is 10.5. The van der Waals surface area contributed by atoms with Crippen LogP contribution in [0.1, 0.15) is 32.6 Å². The van der Waals surface area contributed by atoms with Crippen LogP contribution in [0.5, 0.6) is 17.4 Å². The number of rotatable bonds is 7. The summed E-state index contributed by atoms with van der Waals surface area (Å²) in [6, 6.07) is 12.3. The van der Waals surface area contributed by atoms with Gasteiger partial charge in [-0.2, -0.15) is 5.26 Å². The van der Waals surface area contributed by atoms with E-state index >= 15 is 0 Å². The second-order valence-corrected chi connectivity index (χ2v) is 7.02. The minimum Gasteiger partial charge on any atom is -0.494 e. The molecule has 32 heavy (non-hydrogen) atoms. The zero-order valence-electron chi connectivity index (χ0n) is 17.8. The third-order valence-corrected chi connectivity index (χ3v) is 5.22. The van der Waals surface area contributed by atoms with Crippen LogP contribution < -0.4 is 15.0 Å². The molecule has 2 aromatic carbocycles. The molecule has 0 fully saturated rings. The number of ether oxygens (including phenoxy) is 2. The first-order valence-corrected chi connectivity index (χ1v) is 9.70. The van der Waals surface area contributed by atoms with Gasteiger partial charge < -0.3 is 14.6 Å². The highest BCUT2D eigenvalue weighted by atomic mass is 19.1. The van der Waals surface area contributed by atoms with Crippen molar-refractivity contribution in [2.75, 3.05) is 14.2 Å². The van der Waals surface area contributed by atoms with E-state index in [0.29, 0.717) is 11.5 Å². The summed E-state index contributed by atoms with van der Waals surface area (Å²) in [4.78, 5) is 25.8. The van der Waals surface area contributed by atoms with E-state index in [1.165, 1.54) is 39.3 Å². The lowest BCUT2D eigenvalue weighted by atomic mass is 9.97. The average Bonchev–Trinajstić information content (AvgIpc) is 2.79. The van der Waals surface area contributed by atoms with Crippen LogP contribution in [0, 0.1) is 24.1 Å². The molecule has 0 aliphatic rings. The Morgan fingerprint density at radius 1 is 1.16 bits per heavy atom. The van der Waals surface area contributed by atoms with Gasteiger partial charge in [-0.15, -0.1) is 0 Å². The molecule has 1 N–H and O–H groups in total. The number of aromatic nitrogens is 1. The van der Waals surface area contributed by atoms with Gasteiger partial charge in [0.15, 0.2) is 11.5 Å². The van der Waals surface area contributed by atoms with E-state index in [0.717, 1.165) is 16.2 Å².